The topological polar surface area (TPSA) is 98.7 Å². The van der Waals surface area contributed by atoms with E-state index >= 15 is 0 Å². The van der Waals surface area contributed by atoms with Crippen LogP contribution in [0.5, 0.6) is 28.7 Å². The van der Waals surface area contributed by atoms with Crippen molar-refractivity contribution in [1.29, 1.82) is 0 Å². The van der Waals surface area contributed by atoms with E-state index in [4.69, 9.17) is 23.7 Å². The maximum absolute atomic E-state index is 12.8. The molecule has 1 aliphatic heterocycles. The fourth-order valence-electron chi connectivity index (χ4n) is 4.61. The molecular weight excluding hydrogens is 520 g/mol. The van der Waals surface area contributed by atoms with Crippen molar-refractivity contribution in [3.8, 4) is 28.7 Å². The van der Waals surface area contributed by atoms with Crippen LogP contribution in [-0.4, -0.2) is 57.9 Å². The summed E-state index contributed by atoms with van der Waals surface area (Å²) in [5, 5.41) is 14.2. The number of urea groups is 1. The molecule has 39 heavy (non-hydrogen) atoms. The molecule has 1 heterocycles. The molecule has 1 saturated heterocycles. The molecule has 3 rings (SSSR count). The molecule has 1 fully saturated rings. The molecule has 2 aromatic rings. The Morgan fingerprint density at radius 3 is 1.95 bits per heavy atom. The largest absolute Gasteiger partial charge is 0.493 e. The number of nitrogens with zero attached hydrogens (tertiary/aromatic N) is 1. The van der Waals surface area contributed by atoms with Gasteiger partial charge in [-0.15, -0.1) is 11.8 Å². The molecule has 2 aromatic carbocycles. The number of anilines is 1. The second-order valence-electron chi connectivity index (χ2n) is 9.36. The molecule has 10 heteroatoms. The van der Waals surface area contributed by atoms with Gasteiger partial charge >= 0.3 is 6.03 Å². The Morgan fingerprint density at radius 1 is 0.872 bits per heavy atom. The van der Waals surface area contributed by atoms with Crippen LogP contribution in [-0.2, 0) is 0 Å². The fraction of sp³-hybridized carbons (Fsp3) is 0.552. The van der Waals surface area contributed by atoms with Crippen molar-refractivity contribution >= 4 is 23.5 Å². The third-order valence-corrected chi connectivity index (χ3v) is 8.32. The van der Waals surface area contributed by atoms with Gasteiger partial charge in [0.2, 0.25) is 5.75 Å². The van der Waals surface area contributed by atoms with E-state index in [0.717, 1.165) is 54.7 Å². The molecule has 2 unspecified atom stereocenters. The minimum absolute atomic E-state index is 0.161. The summed E-state index contributed by atoms with van der Waals surface area (Å²) in [7, 11) is 6.42. The summed E-state index contributed by atoms with van der Waals surface area (Å²) in [4.78, 5) is 12.8. The molecule has 216 valence electrons. The fourth-order valence-corrected chi connectivity index (χ4v) is 6.14. The van der Waals surface area contributed by atoms with Gasteiger partial charge in [-0.25, -0.2) is 9.86 Å². The van der Waals surface area contributed by atoms with E-state index in [-0.39, 0.29) is 17.0 Å². The van der Waals surface area contributed by atoms with E-state index in [1.807, 2.05) is 43.0 Å². The zero-order valence-electron chi connectivity index (χ0n) is 23.9. The normalized spacial score (nSPS) is 16.5. The number of thioether (sulfide) groups is 1. The smallest absolute Gasteiger partial charge is 0.345 e. The average Bonchev–Trinajstić information content (AvgIpc) is 3.45. The second kappa shape index (κ2) is 15.0. The lowest BCUT2D eigenvalue weighted by atomic mass is 10.0. The third-order valence-electron chi connectivity index (χ3n) is 6.65. The molecular formula is C29H42N2O7S. The lowest BCUT2D eigenvalue weighted by Gasteiger charge is -2.22. The lowest BCUT2D eigenvalue weighted by molar-refractivity contribution is -0.0381. The Kier molecular flexibility index (Phi) is 11.7. The van der Waals surface area contributed by atoms with Gasteiger partial charge in [-0.1, -0.05) is 26.7 Å². The number of carbonyl (C=O) groups is 1. The Bertz CT molecular complexity index is 1070. The SMILES string of the molecule is CCCCCN(O)C(=O)Nc1cc(C2CCC(c3cc(OC)c(OC)c(OC)c3)S2)cc(OC)c1OCCC. The third kappa shape index (κ3) is 7.57. The first-order valence-electron chi connectivity index (χ1n) is 13.5. The summed E-state index contributed by atoms with van der Waals surface area (Å²) in [6.07, 6.45) is 5.35. The second-order valence-corrected chi connectivity index (χ2v) is 10.8. The van der Waals surface area contributed by atoms with Gasteiger partial charge < -0.3 is 29.0 Å². The van der Waals surface area contributed by atoms with Crippen LogP contribution >= 0.6 is 11.8 Å². The summed E-state index contributed by atoms with van der Waals surface area (Å²) < 4.78 is 28.3. The number of rotatable bonds is 14. The van der Waals surface area contributed by atoms with Crippen molar-refractivity contribution in [2.45, 2.75) is 62.9 Å². The van der Waals surface area contributed by atoms with Crippen molar-refractivity contribution in [3.05, 3.63) is 35.4 Å². The van der Waals surface area contributed by atoms with Crippen LogP contribution in [0.25, 0.3) is 0 Å². The highest BCUT2D eigenvalue weighted by molar-refractivity contribution is 8.00. The molecule has 2 amide bonds. The first kappa shape index (κ1) is 30.6. The van der Waals surface area contributed by atoms with E-state index < -0.39 is 6.03 Å². The van der Waals surface area contributed by atoms with Crippen molar-refractivity contribution in [3.63, 3.8) is 0 Å². The average molecular weight is 563 g/mol. The number of unbranched alkanes of at least 4 members (excludes halogenated alkanes) is 2. The molecule has 0 aliphatic carbocycles. The van der Waals surface area contributed by atoms with E-state index in [2.05, 4.69) is 12.2 Å². The summed E-state index contributed by atoms with van der Waals surface area (Å²) in [5.74, 6) is 2.84. The number of hydroxylamine groups is 2. The predicted molar refractivity (Wildman–Crippen MR) is 154 cm³/mol. The monoisotopic (exact) mass is 562 g/mol. The zero-order chi connectivity index (χ0) is 28.4. The van der Waals surface area contributed by atoms with Gasteiger partial charge in [0.15, 0.2) is 23.0 Å². The van der Waals surface area contributed by atoms with Gasteiger partial charge in [-0.2, -0.15) is 0 Å². The van der Waals surface area contributed by atoms with Crippen LogP contribution in [0.2, 0.25) is 0 Å². The molecule has 2 atom stereocenters. The number of methoxy groups -OCH3 is 4. The van der Waals surface area contributed by atoms with Crippen molar-refractivity contribution in [1.82, 2.24) is 5.06 Å². The molecule has 1 aliphatic rings. The van der Waals surface area contributed by atoms with Gasteiger partial charge in [0.25, 0.3) is 0 Å². The number of hydrogen-bond acceptors (Lipinski definition) is 8. The maximum atomic E-state index is 12.8. The van der Waals surface area contributed by atoms with Crippen LogP contribution in [0.4, 0.5) is 10.5 Å². The highest BCUT2D eigenvalue weighted by Gasteiger charge is 2.31. The Balaban J connectivity index is 1.88. The summed E-state index contributed by atoms with van der Waals surface area (Å²) in [6, 6.07) is 7.32. The predicted octanol–water partition coefficient (Wildman–Crippen LogP) is 7.23. The molecule has 0 saturated carbocycles. The lowest BCUT2D eigenvalue weighted by Crippen LogP contribution is -2.33. The standard InChI is InChI=1S/C29H42N2O7S/c1-7-9-10-13-31(33)29(32)30-21-15-19(16-22(34-3)27(21)38-14-8-2)25-11-12-26(39-25)20-17-23(35-4)28(37-6)24(18-20)36-5/h15-18,25-26,33H,7-14H2,1-6H3,(H,30,32). The Labute approximate surface area is 236 Å². The maximum Gasteiger partial charge on any atom is 0.345 e. The number of amides is 2. The number of ether oxygens (including phenoxy) is 5. The van der Waals surface area contributed by atoms with Gasteiger partial charge in [-0.3, -0.25) is 5.21 Å². The molecule has 0 aromatic heterocycles. The van der Waals surface area contributed by atoms with Gasteiger partial charge in [0, 0.05) is 10.5 Å². The van der Waals surface area contributed by atoms with Crippen LogP contribution < -0.4 is 29.0 Å². The zero-order valence-corrected chi connectivity index (χ0v) is 24.7. The number of benzene rings is 2. The van der Waals surface area contributed by atoms with Gasteiger partial charge in [-0.05, 0) is 61.1 Å². The summed E-state index contributed by atoms with van der Waals surface area (Å²) in [5.41, 5.74) is 2.60. The summed E-state index contributed by atoms with van der Waals surface area (Å²) in [6.45, 7) is 4.82. The first-order valence-corrected chi connectivity index (χ1v) is 14.4. The Morgan fingerprint density at radius 2 is 1.44 bits per heavy atom. The van der Waals surface area contributed by atoms with Gasteiger partial charge in [0.05, 0.1) is 47.3 Å². The van der Waals surface area contributed by atoms with E-state index in [1.165, 1.54) is 0 Å². The van der Waals surface area contributed by atoms with Crippen molar-refractivity contribution < 1.29 is 33.7 Å². The number of hydrogen-bond donors (Lipinski definition) is 2. The first-order chi connectivity index (χ1) is 18.9. The van der Waals surface area contributed by atoms with E-state index in [1.54, 1.807) is 28.4 Å². The quantitative estimate of drug-likeness (QED) is 0.141. The molecule has 0 bridgehead atoms. The molecule has 0 radical (unpaired) electrons. The van der Waals surface area contributed by atoms with E-state index in [9.17, 15) is 10.0 Å². The van der Waals surface area contributed by atoms with Gasteiger partial charge in [0.1, 0.15) is 0 Å². The van der Waals surface area contributed by atoms with Crippen LogP contribution in [0.3, 0.4) is 0 Å². The van der Waals surface area contributed by atoms with Crippen LogP contribution in [0.15, 0.2) is 24.3 Å². The van der Waals surface area contributed by atoms with Crippen LogP contribution in [0, 0.1) is 0 Å². The minimum Gasteiger partial charge on any atom is -0.493 e. The van der Waals surface area contributed by atoms with Crippen molar-refractivity contribution in [2.75, 3.05) is 46.9 Å². The summed E-state index contributed by atoms with van der Waals surface area (Å²) >= 11 is 1.84. The molecule has 2 N–H and O–H groups in total. The van der Waals surface area contributed by atoms with E-state index in [0.29, 0.717) is 41.0 Å². The van der Waals surface area contributed by atoms with Crippen LogP contribution in [0.1, 0.15) is 74.0 Å². The number of nitrogens with one attached hydrogen (secondary N) is 1. The number of carbonyl (C=O) groups excluding carboxylic acids is 1. The molecule has 9 nitrogen and oxygen atoms in total. The van der Waals surface area contributed by atoms with Crippen molar-refractivity contribution in [2.24, 2.45) is 0 Å². The highest BCUT2D eigenvalue weighted by Crippen LogP contribution is 2.56. The molecule has 0 spiro atoms. The minimum atomic E-state index is -0.596. The highest BCUT2D eigenvalue weighted by atomic mass is 32.2. The Hall–Kier alpha value is -2.98.